The lowest BCUT2D eigenvalue weighted by Gasteiger charge is -2.36. The number of amides is 2. The number of hydrogen-bond acceptors (Lipinski definition) is 2. The SMILES string of the molecule is CNC(=O)C1Cc2ccccc2CN1C(=O)c1ccc(Cl)c(Cl)c1. The van der Waals surface area contributed by atoms with Crippen LogP contribution in [0, 0.1) is 0 Å². The highest BCUT2D eigenvalue weighted by molar-refractivity contribution is 6.42. The molecule has 124 valence electrons. The van der Waals surface area contributed by atoms with E-state index in [0.29, 0.717) is 28.6 Å². The topological polar surface area (TPSA) is 49.4 Å². The summed E-state index contributed by atoms with van der Waals surface area (Å²) in [5.41, 5.74) is 2.55. The van der Waals surface area contributed by atoms with Gasteiger partial charge in [0.1, 0.15) is 6.04 Å². The molecule has 1 atom stereocenters. The maximum Gasteiger partial charge on any atom is 0.254 e. The third-order valence-electron chi connectivity index (χ3n) is 4.23. The Bertz CT molecular complexity index is 807. The first-order chi connectivity index (χ1) is 11.5. The normalized spacial score (nSPS) is 16.5. The molecule has 6 heteroatoms. The van der Waals surface area contributed by atoms with Crippen molar-refractivity contribution in [3.63, 3.8) is 0 Å². The Morgan fingerprint density at radius 3 is 2.46 bits per heavy atom. The van der Waals surface area contributed by atoms with Gasteiger partial charge < -0.3 is 10.2 Å². The molecule has 24 heavy (non-hydrogen) atoms. The van der Waals surface area contributed by atoms with Crippen LogP contribution in [0.5, 0.6) is 0 Å². The van der Waals surface area contributed by atoms with E-state index in [-0.39, 0.29) is 11.8 Å². The number of carbonyl (C=O) groups excluding carboxylic acids is 2. The van der Waals surface area contributed by atoms with Crippen molar-refractivity contribution in [2.24, 2.45) is 0 Å². The number of fused-ring (bicyclic) bond motifs is 1. The lowest BCUT2D eigenvalue weighted by Crippen LogP contribution is -2.51. The zero-order valence-corrected chi connectivity index (χ0v) is 14.6. The fourth-order valence-electron chi connectivity index (χ4n) is 2.93. The molecule has 1 aliphatic heterocycles. The van der Waals surface area contributed by atoms with Crippen molar-refractivity contribution in [2.45, 2.75) is 19.0 Å². The Balaban J connectivity index is 1.98. The molecule has 0 bridgehead atoms. The minimum absolute atomic E-state index is 0.182. The van der Waals surface area contributed by atoms with Crippen LogP contribution >= 0.6 is 23.2 Å². The molecule has 2 amide bonds. The van der Waals surface area contributed by atoms with Gasteiger partial charge in [0.25, 0.3) is 5.91 Å². The number of nitrogens with one attached hydrogen (secondary N) is 1. The molecule has 0 fully saturated rings. The van der Waals surface area contributed by atoms with Gasteiger partial charge in [-0.15, -0.1) is 0 Å². The molecule has 0 spiro atoms. The zero-order valence-electron chi connectivity index (χ0n) is 13.1. The van der Waals surface area contributed by atoms with E-state index in [1.165, 1.54) is 6.07 Å². The van der Waals surface area contributed by atoms with Crippen LogP contribution in [0.25, 0.3) is 0 Å². The molecule has 1 unspecified atom stereocenters. The first-order valence-corrected chi connectivity index (χ1v) is 8.31. The van der Waals surface area contributed by atoms with E-state index in [9.17, 15) is 9.59 Å². The highest BCUT2D eigenvalue weighted by Crippen LogP contribution is 2.27. The molecule has 2 aromatic rings. The summed E-state index contributed by atoms with van der Waals surface area (Å²) in [6.07, 6.45) is 0.489. The molecule has 1 aliphatic rings. The third-order valence-corrected chi connectivity index (χ3v) is 4.96. The van der Waals surface area contributed by atoms with Gasteiger partial charge in [-0.1, -0.05) is 47.5 Å². The molecule has 0 aliphatic carbocycles. The van der Waals surface area contributed by atoms with Crippen molar-refractivity contribution in [1.82, 2.24) is 10.2 Å². The highest BCUT2D eigenvalue weighted by Gasteiger charge is 2.34. The summed E-state index contributed by atoms with van der Waals surface area (Å²) in [7, 11) is 1.57. The number of hydrogen-bond donors (Lipinski definition) is 1. The second kappa shape index (κ2) is 6.83. The van der Waals surface area contributed by atoms with E-state index in [1.807, 2.05) is 24.3 Å². The van der Waals surface area contributed by atoms with Crippen molar-refractivity contribution < 1.29 is 9.59 Å². The Hall–Kier alpha value is -2.04. The average molecular weight is 363 g/mol. The molecule has 0 saturated carbocycles. The van der Waals surface area contributed by atoms with Gasteiger partial charge in [0, 0.05) is 25.6 Å². The second-order valence-electron chi connectivity index (χ2n) is 5.66. The maximum absolute atomic E-state index is 12.9. The van der Waals surface area contributed by atoms with Gasteiger partial charge in [0.05, 0.1) is 10.0 Å². The molecule has 0 aromatic heterocycles. The van der Waals surface area contributed by atoms with E-state index in [1.54, 1.807) is 24.1 Å². The molecule has 2 aromatic carbocycles. The van der Waals surface area contributed by atoms with Gasteiger partial charge in [0.2, 0.25) is 5.91 Å². The number of halogens is 2. The van der Waals surface area contributed by atoms with E-state index >= 15 is 0 Å². The third kappa shape index (κ3) is 3.12. The molecule has 0 saturated heterocycles. The number of nitrogens with zero attached hydrogens (tertiary/aromatic N) is 1. The fourth-order valence-corrected chi connectivity index (χ4v) is 3.23. The number of likely N-dealkylation sites (N-methyl/N-ethyl adjacent to an activating group) is 1. The molecule has 1 heterocycles. The molecular weight excluding hydrogens is 347 g/mol. The van der Waals surface area contributed by atoms with Gasteiger partial charge in [0.15, 0.2) is 0 Å². The molecule has 1 N–H and O–H groups in total. The first kappa shape index (κ1) is 16.8. The zero-order chi connectivity index (χ0) is 17.3. The summed E-state index contributed by atoms with van der Waals surface area (Å²) in [6.45, 7) is 0.382. The van der Waals surface area contributed by atoms with Gasteiger partial charge in [-0.3, -0.25) is 9.59 Å². The van der Waals surface area contributed by atoms with E-state index in [4.69, 9.17) is 23.2 Å². The molecule has 4 nitrogen and oxygen atoms in total. The molecule has 3 rings (SSSR count). The smallest absolute Gasteiger partial charge is 0.254 e. The number of rotatable bonds is 2. The van der Waals surface area contributed by atoms with Crippen molar-refractivity contribution in [2.75, 3.05) is 7.05 Å². The lowest BCUT2D eigenvalue weighted by molar-refractivity contribution is -0.125. The summed E-state index contributed by atoms with van der Waals surface area (Å²) in [6, 6.07) is 12.0. The molecular formula is C18H16Cl2N2O2. The van der Waals surface area contributed by atoms with Crippen molar-refractivity contribution in [1.29, 1.82) is 0 Å². The largest absolute Gasteiger partial charge is 0.357 e. The predicted molar refractivity (Wildman–Crippen MR) is 94.3 cm³/mol. The molecule has 0 radical (unpaired) electrons. The highest BCUT2D eigenvalue weighted by atomic mass is 35.5. The number of carbonyl (C=O) groups is 2. The standard InChI is InChI=1S/C18H16Cl2N2O2/c1-21-17(23)16-9-11-4-2-3-5-13(11)10-22(16)18(24)12-6-7-14(19)15(20)8-12/h2-8,16H,9-10H2,1H3,(H,21,23). The van der Waals surface area contributed by atoms with Gasteiger partial charge >= 0.3 is 0 Å². The van der Waals surface area contributed by atoms with Crippen LogP contribution in [0.2, 0.25) is 10.0 Å². The Kier molecular flexibility index (Phi) is 4.78. The van der Waals surface area contributed by atoms with Crippen LogP contribution in [-0.2, 0) is 17.8 Å². The van der Waals surface area contributed by atoms with E-state index in [0.717, 1.165) is 11.1 Å². The maximum atomic E-state index is 12.9. The van der Waals surface area contributed by atoms with Crippen molar-refractivity contribution >= 4 is 35.0 Å². The Morgan fingerprint density at radius 2 is 1.79 bits per heavy atom. The Morgan fingerprint density at radius 1 is 1.08 bits per heavy atom. The van der Waals surface area contributed by atoms with Gasteiger partial charge in [-0.25, -0.2) is 0 Å². The van der Waals surface area contributed by atoms with Crippen LogP contribution in [0.4, 0.5) is 0 Å². The van der Waals surface area contributed by atoms with E-state index in [2.05, 4.69) is 5.32 Å². The van der Waals surface area contributed by atoms with Gasteiger partial charge in [-0.05, 0) is 29.3 Å². The lowest BCUT2D eigenvalue weighted by atomic mass is 9.93. The summed E-state index contributed by atoms with van der Waals surface area (Å²) in [5.74, 6) is -0.422. The quantitative estimate of drug-likeness (QED) is 0.890. The second-order valence-corrected chi connectivity index (χ2v) is 6.48. The van der Waals surface area contributed by atoms with Crippen LogP contribution in [0.3, 0.4) is 0 Å². The van der Waals surface area contributed by atoms with E-state index < -0.39 is 6.04 Å². The average Bonchev–Trinajstić information content (AvgIpc) is 2.61. The predicted octanol–water partition coefficient (Wildman–Crippen LogP) is 3.31. The van der Waals surface area contributed by atoms with Crippen molar-refractivity contribution in [3.8, 4) is 0 Å². The summed E-state index contributed by atoms with van der Waals surface area (Å²) < 4.78 is 0. The fraction of sp³-hybridized carbons (Fsp3) is 0.222. The summed E-state index contributed by atoms with van der Waals surface area (Å²) in [4.78, 5) is 26.8. The summed E-state index contributed by atoms with van der Waals surface area (Å²) in [5, 5.41) is 3.35. The van der Waals surface area contributed by atoms with Crippen LogP contribution in [0.1, 0.15) is 21.5 Å². The summed E-state index contributed by atoms with van der Waals surface area (Å²) >= 11 is 11.9. The van der Waals surface area contributed by atoms with Crippen LogP contribution in [-0.4, -0.2) is 29.8 Å². The van der Waals surface area contributed by atoms with Crippen LogP contribution in [0.15, 0.2) is 42.5 Å². The Labute approximate surface area is 150 Å². The minimum Gasteiger partial charge on any atom is -0.357 e. The van der Waals surface area contributed by atoms with Crippen LogP contribution < -0.4 is 5.32 Å². The van der Waals surface area contributed by atoms with Crippen molar-refractivity contribution in [3.05, 3.63) is 69.2 Å². The van der Waals surface area contributed by atoms with Gasteiger partial charge in [-0.2, -0.15) is 0 Å². The monoisotopic (exact) mass is 362 g/mol. The number of benzene rings is 2. The first-order valence-electron chi connectivity index (χ1n) is 7.55. The minimum atomic E-state index is -0.549.